The van der Waals surface area contributed by atoms with Gasteiger partial charge in [0.05, 0.1) is 25.4 Å². The minimum atomic E-state index is -0.0339. The van der Waals surface area contributed by atoms with Gasteiger partial charge in [0.1, 0.15) is 0 Å². The van der Waals surface area contributed by atoms with Crippen molar-refractivity contribution in [2.45, 2.75) is 190 Å². The molecule has 4 aliphatic heterocycles. The van der Waals surface area contributed by atoms with Crippen molar-refractivity contribution in [2.24, 2.45) is 23.7 Å². The molecule has 4 aliphatic carbocycles. The molecule has 4 heterocycles. The quantitative estimate of drug-likeness (QED) is 0.118. The molecule has 2 aromatic rings. The second-order valence-corrected chi connectivity index (χ2v) is 21.6. The standard InChI is InChI=1S/C54H80N6O4/c61-53(57-41-17-9-37(10-18-41)29-33-59-49-25-26-50(59)46-6-2-1-5-45(46)49)55-31-35-63-43-21-13-39(14-22-43)40-15-23-44(24-16-40)64-36-32-56-54(62)58-42-19-11-38(12-20-42)30-34-60-51-27-28-52(60)48-8-4-3-7-47(48)51/h1-8,37-44,49-52H,9-36H2,(H2,55,57,61)(H2,56,58,62). The monoisotopic (exact) mass is 877 g/mol. The highest BCUT2D eigenvalue weighted by atomic mass is 16.5. The number of fused-ring (bicyclic) bond motifs is 10. The first-order valence-corrected chi connectivity index (χ1v) is 26.5. The fraction of sp³-hybridized carbons (Fsp3) is 0.741. The molecule has 6 fully saturated rings. The SMILES string of the molecule is O=C(NCCOC1CCC(C2CCC(OCCNC(=O)NC3CCC(CCN4C5CCC4c4ccccc45)CC3)CC2)CC1)NC1CCC(CCN2C3CCC2c2ccccc23)CC1. The molecule has 8 aliphatic rings. The Morgan fingerprint density at radius 2 is 0.797 bits per heavy atom. The topological polar surface area (TPSA) is 107 Å². The lowest BCUT2D eigenvalue weighted by Crippen LogP contribution is -2.44. The van der Waals surface area contributed by atoms with Crippen molar-refractivity contribution in [1.29, 1.82) is 0 Å². The van der Waals surface area contributed by atoms with Crippen molar-refractivity contribution in [3.63, 3.8) is 0 Å². The summed E-state index contributed by atoms with van der Waals surface area (Å²) in [5.74, 6) is 3.15. The van der Waals surface area contributed by atoms with Crippen molar-refractivity contribution in [2.75, 3.05) is 39.4 Å². The summed E-state index contributed by atoms with van der Waals surface area (Å²) in [6, 6.07) is 21.3. The maximum Gasteiger partial charge on any atom is 0.315 e. The van der Waals surface area contributed by atoms with Gasteiger partial charge in [-0.3, -0.25) is 9.80 Å². The number of rotatable bonds is 17. The minimum Gasteiger partial charge on any atom is -0.376 e. The Bertz CT molecular complexity index is 1640. The first-order valence-electron chi connectivity index (χ1n) is 26.5. The van der Waals surface area contributed by atoms with Gasteiger partial charge in [-0.25, -0.2) is 9.59 Å². The van der Waals surface area contributed by atoms with Gasteiger partial charge < -0.3 is 30.7 Å². The number of nitrogens with one attached hydrogen (secondary N) is 4. The van der Waals surface area contributed by atoms with Crippen LogP contribution < -0.4 is 21.3 Å². The van der Waals surface area contributed by atoms with E-state index in [2.05, 4.69) is 79.6 Å². The van der Waals surface area contributed by atoms with Gasteiger partial charge in [0.25, 0.3) is 0 Å². The predicted molar refractivity (Wildman–Crippen MR) is 253 cm³/mol. The lowest BCUT2D eigenvalue weighted by Gasteiger charge is -2.37. The van der Waals surface area contributed by atoms with E-state index in [1.807, 2.05) is 0 Å². The Hall–Kier alpha value is -3.18. The molecule has 0 radical (unpaired) electrons. The molecule has 10 heteroatoms. The van der Waals surface area contributed by atoms with Gasteiger partial charge >= 0.3 is 12.1 Å². The van der Waals surface area contributed by atoms with Crippen LogP contribution in [0.25, 0.3) is 0 Å². The normalized spacial score (nSPS) is 34.6. The summed E-state index contributed by atoms with van der Waals surface area (Å²) >= 11 is 0. The van der Waals surface area contributed by atoms with Crippen LogP contribution in [0.3, 0.4) is 0 Å². The van der Waals surface area contributed by atoms with Crippen LogP contribution in [0.15, 0.2) is 48.5 Å². The van der Waals surface area contributed by atoms with Crippen LogP contribution in [0, 0.1) is 23.7 Å². The predicted octanol–water partition coefficient (Wildman–Crippen LogP) is 10.4. The Labute approximate surface area is 384 Å². The van der Waals surface area contributed by atoms with E-state index in [0.29, 0.717) is 74.8 Å². The number of urea groups is 2. The molecular formula is C54H80N6O4. The Morgan fingerprint density at radius 3 is 1.14 bits per heavy atom. The van der Waals surface area contributed by atoms with Gasteiger partial charge in [-0.05, 0) is 200 Å². The minimum absolute atomic E-state index is 0.0339. The molecular weight excluding hydrogens is 797 g/mol. The Morgan fingerprint density at radius 1 is 0.453 bits per heavy atom. The second-order valence-electron chi connectivity index (χ2n) is 21.6. The largest absolute Gasteiger partial charge is 0.376 e. The van der Waals surface area contributed by atoms with E-state index in [0.717, 1.165) is 75.0 Å². The molecule has 350 valence electrons. The van der Waals surface area contributed by atoms with E-state index >= 15 is 0 Å². The molecule has 0 spiro atoms. The first kappa shape index (κ1) is 44.6. The fourth-order valence-corrected chi connectivity index (χ4v) is 14.5. The van der Waals surface area contributed by atoms with Crippen molar-refractivity contribution in [3.8, 4) is 0 Å². The highest BCUT2D eigenvalue weighted by Gasteiger charge is 2.44. The Balaban J connectivity index is 0.514. The van der Waals surface area contributed by atoms with Gasteiger partial charge in [-0.15, -0.1) is 0 Å². The molecule has 2 aromatic carbocycles. The number of amides is 4. The molecule has 64 heavy (non-hydrogen) atoms. The van der Waals surface area contributed by atoms with E-state index in [4.69, 9.17) is 9.47 Å². The highest BCUT2D eigenvalue weighted by Crippen LogP contribution is 2.54. The summed E-state index contributed by atoms with van der Waals surface area (Å²) in [6.07, 6.45) is 27.3. The molecule has 2 saturated heterocycles. The highest BCUT2D eigenvalue weighted by molar-refractivity contribution is 5.74. The number of ether oxygens (including phenoxy) is 2. The summed E-state index contributed by atoms with van der Waals surface area (Å²) < 4.78 is 12.5. The van der Waals surface area contributed by atoms with E-state index < -0.39 is 0 Å². The lowest BCUT2D eigenvalue weighted by atomic mass is 9.72. The fourth-order valence-electron chi connectivity index (χ4n) is 14.5. The summed E-state index contributed by atoms with van der Waals surface area (Å²) in [7, 11) is 0. The van der Waals surface area contributed by atoms with Crippen LogP contribution in [-0.4, -0.2) is 85.5 Å². The molecule has 4 atom stereocenters. The number of hydrogen-bond acceptors (Lipinski definition) is 6. The summed E-state index contributed by atoms with van der Waals surface area (Å²) in [4.78, 5) is 31.0. The Kier molecular flexibility index (Phi) is 14.8. The van der Waals surface area contributed by atoms with Gasteiger partial charge in [-0.2, -0.15) is 0 Å². The van der Waals surface area contributed by atoms with Crippen LogP contribution in [0.5, 0.6) is 0 Å². The number of nitrogens with zero attached hydrogens (tertiary/aromatic N) is 2. The third kappa shape index (κ3) is 10.5. The zero-order chi connectivity index (χ0) is 43.2. The van der Waals surface area contributed by atoms with Crippen LogP contribution in [0.4, 0.5) is 9.59 Å². The van der Waals surface area contributed by atoms with Crippen LogP contribution in [0.2, 0.25) is 0 Å². The van der Waals surface area contributed by atoms with Crippen molar-refractivity contribution in [1.82, 2.24) is 31.1 Å². The van der Waals surface area contributed by atoms with E-state index in [9.17, 15) is 9.59 Å². The average Bonchev–Trinajstić information content (AvgIpc) is 4.10. The number of carbonyl (C=O) groups excluding carboxylic acids is 2. The summed E-state index contributed by atoms with van der Waals surface area (Å²) in [6.45, 7) is 4.76. The van der Waals surface area contributed by atoms with E-state index in [-0.39, 0.29) is 12.1 Å². The number of hydrogen-bond donors (Lipinski definition) is 4. The smallest absolute Gasteiger partial charge is 0.315 e. The maximum absolute atomic E-state index is 12.7. The zero-order valence-electron chi connectivity index (χ0n) is 38.9. The number of carbonyl (C=O) groups is 2. The van der Waals surface area contributed by atoms with Gasteiger partial charge in [0, 0.05) is 49.3 Å². The molecule has 4 amide bonds. The lowest BCUT2D eigenvalue weighted by molar-refractivity contribution is -0.00864. The van der Waals surface area contributed by atoms with Crippen LogP contribution in [-0.2, 0) is 9.47 Å². The third-order valence-electron chi connectivity index (χ3n) is 18.0. The first-order chi connectivity index (χ1) is 31.5. The summed E-state index contributed by atoms with van der Waals surface area (Å²) in [5.41, 5.74) is 6.33. The maximum atomic E-state index is 12.7. The number of benzene rings is 2. The van der Waals surface area contributed by atoms with Crippen molar-refractivity contribution in [3.05, 3.63) is 70.8 Å². The van der Waals surface area contributed by atoms with Crippen molar-refractivity contribution >= 4 is 12.1 Å². The molecule has 10 nitrogen and oxygen atoms in total. The summed E-state index contributed by atoms with van der Waals surface area (Å²) in [5, 5.41) is 12.7. The zero-order valence-corrected chi connectivity index (χ0v) is 38.9. The van der Waals surface area contributed by atoms with E-state index in [1.165, 1.54) is 103 Å². The van der Waals surface area contributed by atoms with Gasteiger partial charge in [0.2, 0.25) is 0 Å². The van der Waals surface area contributed by atoms with Crippen LogP contribution in [0.1, 0.15) is 188 Å². The molecule has 10 rings (SSSR count). The molecule has 4 saturated carbocycles. The second kappa shape index (κ2) is 21.2. The molecule has 4 N–H and O–H groups in total. The van der Waals surface area contributed by atoms with E-state index in [1.54, 1.807) is 22.3 Å². The van der Waals surface area contributed by atoms with Crippen molar-refractivity contribution < 1.29 is 19.1 Å². The molecule has 4 bridgehead atoms. The van der Waals surface area contributed by atoms with Gasteiger partial charge in [-0.1, -0.05) is 48.5 Å². The average molecular weight is 877 g/mol. The molecule has 0 aromatic heterocycles. The molecule has 4 unspecified atom stereocenters. The van der Waals surface area contributed by atoms with Crippen LogP contribution >= 0.6 is 0 Å². The van der Waals surface area contributed by atoms with Gasteiger partial charge in [0.15, 0.2) is 0 Å². The third-order valence-corrected chi connectivity index (χ3v) is 18.0.